The maximum atomic E-state index is 12.7. The van der Waals surface area contributed by atoms with Crippen LogP contribution < -0.4 is 4.90 Å². The number of rotatable bonds is 6. The maximum absolute atomic E-state index is 12.7. The predicted molar refractivity (Wildman–Crippen MR) is 124 cm³/mol. The highest BCUT2D eigenvalue weighted by Gasteiger charge is 2.20. The molecule has 4 rings (SSSR count). The fourth-order valence-electron chi connectivity index (χ4n) is 3.34. The Balaban J connectivity index is 1.53. The Morgan fingerprint density at radius 2 is 1.84 bits per heavy atom. The number of thioether (sulfide) groups is 1. The molecule has 2 aromatic carbocycles. The summed E-state index contributed by atoms with van der Waals surface area (Å²) in [6.07, 6.45) is 1.94. The Morgan fingerprint density at radius 1 is 1.06 bits per heavy atom. The number of aryl methyl sites for hydroxylation is 2. The fraction of sp³-hybridized carbons (Fsp3) is 0.217. The highest BCUT2D eigenvalue weighted by Crippen LogP contribution is 2.31. The Labute approximate surface area is 185 Å². The Hall–Kier alpha value is -3.39. The van der Waals surface area contributed by atoms with Crippen molar-refractivity contribution in [1.29, 1.82) is 0 Å². The van der Waals surface area contributed by atoms with Crippen molar-refractivity contribution < 1.29 is 4.79 Å². The maximum Gasteiger partial charge on any atom is 0.237 e. The molecule has 0 atom stereocenters. The molecule has 8 heteroatoms. The zero-order chi connectivity index (χ0) is 22.0. The van der Waals surface area contributed by atoms with Crippen molar-refractivity contribution in [1.82, 2.24) is 24.5 Å². The minimum Gasteiger partial charge on any atom is -0.315 e. The summed E-state index contributed by atoms with van der Waals surface area (Å²) in [5.41, 5.74) is 4.77. The highest BCUT2D eigenvalue weighted by atomic mass is 32.2. The number of carbonyl (C=O) groups excluding carboxylic acids is 1. The van der Waals surface area contributed by atoms with Gasteiger partial charge in [0.1, 0.15) is 5.69 Å². The lowest BCUT2D eigenvalue weighted by Gasteiger charge is -2.17. The molecule has 2 heterocycles. The average Bonchev–Trinajstić information content (AvgIpc) is 3.34. The molecule has 0 spiro atoms. The van der Waals surface area contributed by atoms with Crippen LogP contribution in [0.3, 0.4) is 0 Å². The molecule has 0 aliphatic rings. The topological polar surface area (TPSA) is 68.8 Å². The fourth-order valence-corrected chi connectivity index (χ4v) is 4.17. The number of nitrogens with zero attached hydrogens (tertiary/aromatic N) is 6. The molecule has 0 aliphatic heterocycles. The van der Waals surface area contributed by atoms with E-state index in [9.17, 15) is 4.79 Å². The van der Waals surface area contributed by atoms with Gasteiger partial charge in [0.15, 0.2) is 11.0 Å². The summed E-state index contributed by atoms with van der Waals surface area (Å²) < 4.78 is 3.69. The van der Waals surface area contributed by atoms with Crippen molar-refractivity contribution in [3.8, 4) is 22.6 Å². The lowest BCUT2D eigenvalue weighted by molar-refractivity contribution is -0.115. The van der Waals surface area contributed by atoms with Gasteiger partial charge < -0.3 is 9.47 Å². The number of carbonyl (C=O) groups is 1. The van der Waals surface area contributed by atoms with Gasteiger partial charge in [0.2, 0.25) is 5.91 Å². The third-order valence-corrected chi connectivity index (χ3v) is 6.04. The largest absolute Gasteiger partial charge is 0.315 e. The zero-order valence-corrected chi connectivity index (χ0v) is 18.8. The Bertz CT molecular complexity index is 1210. The molecule has 158 valence electrons. The molecule has 4 aromatic rings. The molecule has 7 nitrogen and oxygen atoms in total. The zero-order valence-electron chi connectivity index (χ0n) is 18.0. The summed E-state index contributed by atoms with van der Waals surface area (Å²) >= 11 is 1.38. The molecule has 1 amide bonds. The number of hydrogen-bond acceptors (Lipinski definition) is 5. The molecule has 31 heavy (non-hydrogen) atoms. The van der Waals surface area contributed by atoms with Crippen LogP contribution in [0.5, 0.6) is 0 Å². The van der Waals surface area contributed by atoms with E-state index in [1.54, 1.807) is 16.6 Å². The summed E-state index contributed by atoms with van der Waals surface area (Å²) in [7, 11) is 5.59. The third kappa shape index (κ3) is 4.39. The predicted octanol–water partition coefficient (Wildman–Crippen LogP) is 3.95. The first-order valence-corrected chi connectivity index (χ1v) is 10.9. The van der Waals surface area contributed by atoms with Crippen molar-refractivity contribution in [3.63, 3.8) is 0 Å². The van der Waals surface area contributed by atoms with E-state index in [1.807, 2.05) is 86.4 Å². The van der Waals surface area contributed by atoms with Gasteiger partial charge in [-0.2, -0.15) is 5.10 Å². The molecule has 0 saturated carbocycles. The van der Waals surface area contributed by atoms with Crippen LogP contribution >= 0.6 is 11.8 Å². The van der Waals surface area contributed by atoms with E-state index in [0.29, 0.717) is 11.0 Å². The van der Waals surface area contributed by atoms with Gasteiger partial charge in [0, 0.05) is 38.6 Å². The Morgan fingerprint density at radius 3 is 2.58 bits per heavy atom. The average molecular weight is 433 g/mol. The first-order valence-electron chi connectivity index (χ1n) is 9.89. The normalized spacial score (nSPS) is 11.0. The smallest absolute Gasteiger partial charge is 0.237 e. The van der Waals surface area contributed by atoms with Crippen molar-refractivity contribution in [3.05, 3.63) is 66.4 Å². The number of aromatic nitrogens is 5. The second-order valence-electron chi connectivity index (χ2n) is 7.38. The van der Waals surface area contributed by atoms with Gasteiger partial charge in [-0.15, -0.1) is 10.2 Å². The van der Waals surface area contributed by atoms with Crippen LogP contribution in [0.4, 0.5) is 5.69 Å². The lowest BCUT2D eigenvalue weighted by atomic mass is 10.1. The number of hydrogen-bond donors (Lipinski definition) is 0. The summed E-state index contributed by atoms with van der Waals surface area (Å²) in [5.74, 6) is 0.995. The van der Waals surface area contributed by atoms with Gasteiger partial charge in [-0.3, -0.25) is 9.48 Å². The standard InChI is InChI=1S/C23H24N6OS/c1-16-9-8-12-18(13-16)28(3)20(30)15-31-23-25-24-22(29(23)4)19-14-27(2)26-21(19)17-10-6-5-7-11-17/h5-14H,15H2,1-4H3. The van der Waals surface area contributed by atoms with Gasteiger partial charge in [0.05, 0.1) is 11.3 Å². The summed E-state index contributed by atoms with van der Waals surface area (Å²) in [6.45, 7) is 2.01. The van der Waals surface area contributed by atoms with E-state index in [-0.39, 0.29) is 11.7 Å². The quantitative estimate of drug-likeness (QED) is 0.432. The van der Waals surface area contributed by atoms with E-state index in [2.05, 4.69) is 15.3 Å². The molecular weight excluding hydrogens is 408 g/mol. The van der Waals surface area contributed by atoms with E-state index in [1.165, 1.54) is 11.8 Å². The van der Waals surface area contributed by atoms with E-state index < -0.39 is 0 Å². The van der Waals surface area contributed by atoms with Crippen LogP contribution in [-0.2, 0) is 18.9 Å². The van der Waals surface area contributed by atoms with E-state index >= 15 is 0 Å². The minimum absolute atomic E-state index is 0.00602. The third-order valence-electron chi connectivity index (χ3n) is 5.04. The minimum atomic E-state index is 0.00602. The summed E-state index contributed by atoms with van der Waals surface area (Å²) in [5, 5.41) is 14.0. The molecule has 0 saturated heterocycles. The first-order chi connectivity index (χ1) is 14.9. The molecule has 0 N–H and O–H groups in total. The first kappa shape index (κ1) is 20.9. The SMILES string of the molecule is Cc1cccc(N(C)C(=O)CSc2nnc(-c3cn(C)nc3-c3ccccc3)n2C)c1. The van der Waals surface area contributed by atoms with Gasteiger partial charge in [-0.1, -0.05) is 54.2 Å². The van der Waals surface area contributed by atoms with Crippen LogP contribution in [0, 0.1) is 6.92 Å². The van der Waals surface area contributed by atoms with Gasteiger partial charge >= 0.3 is 0 Å². The van der Waals surface area contributed by atoms with Crippen molar-refractivity contribution >= 4 is 23.4 Å². The lowest BCUT2D eigenvalue weighted by Crippen LogP contribution is -2.28. The second-order valence-corrected chi connectivity index (χ2v) is 8.32. The molecule has 0 radical (unpaired) electrons. The molecule has 0 bridgehead atoms. The molecule has 0 unspecified atom stereocenters. The van der Waals surface area contributed by atoms with E-state index in [0.717, 1.165) is 28.1 Å². The number of amides is 1. The summed E-state index contributed by atoms with van der Waals surface area (Å²) in [4.78, 5) is 14.4. The van der Waals surface area contributed by atoms with Crippen molar-refractivity contribution in [2.75, 3.05) is 17.7 Å². The number of benzene rings is 2. The molecule has 2 aromatic heterocycles. The Kier molecular flexibility index (Phi) is 5.90. The van der Waals surface area contributed by atoms with Gasteiger partial charge in [-0.05, 0) is 24.6 Å². The van der Waals surface area contributed by atoms with E-state index in [4.69, 9.17) is 0 Å². The van der Waals surface area contributed by atoms with Gasteiger partial charge in [0.25, 0.3) is 0 Å². The van der Waals surface area contributed by atoms with Crippen molar-refractivity contribution in [2.45, 2.75) is 12.1 Å². The van der Waals surface area contributed by atoms with Crippen LogP contribution in [-0.4, -0.2) is 43.3 Å². The van der Waals surface area contributed by atoms with Crippen LogP contribution in [0.25, 0.3) is 22.6 Å². The monoisotopic (exact) mass is 432 g/mol. The second kappa shape index (κ2) is 8.77. The van der Waals surface area contributed by atoms with Crippen LogP contribution in [0.15, 0.2) is 66.0 Å². The van der Waals surface area contributed by atoms with Gasteiger partial charge in [-0.25, -0.2) is 0 Å². The highest BCUT2D eigenvalue weighted by molar-refractivity contribution is 7.99. The number of anilines is 1. The van der Waals surface area contributed by atoms with Crippen LogP contribution in [0.2, 0.25) is 0 Å². The van der Waals surface area contributed by atoms with Crippen molar-refractivity contribution in [2.24, 2.45) is 14.1 Å². The van der Waals surface area contributed by atoms with Crippen LogP contribution in [0.1, 0.15) is 5.56 Å². The molecular formula is C23H24N6OS. The summed E-state index contributed by atoms with van der Waals surface area (Å²) in [6, 6.07) is 17.9. The molecule has 0 aliphatic carbocycles. The molecule has 0 fully saturated rings.